The van der Waals surface area contributed by atoms with Gasteiger partial charge in [0.2, 0.25) is 5.91 Å². The number of aromatic nitrogens is 3. The fourth-order valence-corrected chi connectivity index (χ4v) is 3.77. The lowest BCUT2D eigenvalue weighted by Crippen LogP contribution is -2.42. The van der Waals surface area contributed by atoms with Crippen LogP contribution in [0.3, 0.4) is 0 Å². The lowest BCUT2D eigenvalue weighted by Gasteiger charge is -2.20. The molecule has 1 aromatic heterocycles. The Morgan fingerprint density at radius 2 is 1.52 bits per heavy atom. The van der Waals surface area contributed by atoms with E-state index in [0.29, 0.717) is 18.5 Å². The topological polar surface area (TPSA) is 76.9 Å². The summed E-state index contributed by atoms with van der Waals surface area (Å²) in [6, 6.07) is 25.6. The Hall–Kier alpha value is -3.71. The van der Waals surface area contributed by atoms with E-state index in [1.54, 1.807) is 10.9 Å². The van der Waals surface area contributed by atoms with Crippen molar-refractivity contribution in [1.29, 1.82) is 0 Å². The van der Waals surface area contributed by atoms with E-state index in [0.717, 1.165) is 27.9 Å². The second-order valence-corrected chi connectivity index (χ2v) is 8.29. The molecule has 0 fully saturated rings. The van der Waals surface area contributed by atoms with Gasteiger partial charge in [0.25, 0.3) is 0 Å². The lowest BCUT2D eigenvalue weighted by molar-refractivity contribution is -0.127. The van der Waals surface area contributed by atoms with Crippen molar-refractivity contribution in [3.8, 4) is 11.3 Å². The number of aldehydes is 1. The molecule has 6 nitrogen and oxygen atoms in total. The highest BCUT2D eigenvalue weighted by Crippen LogP contribution is 2.21. The molecule has 0 saturated carbocycles. The quantitative estimate of drug-likeness (QED) is 0.295. The largest absolute Gasteiger partial charge is 0.344 e. The molecule has 33 heavy (non-hydrogen) atoms. The SMILES string of the molecule is O=C[C@@H](Cc1ccccc1)NC(=O)[C@H](Cc1ccccc1)n1cc(-c2ccc(S)cc2)nn1. The molecule has 0 radical (unpaired) electrons. The highest BCUT2D eigenvalue weighted by Gasteiger charge is 2.25. The summed E-state index contributed by atoms with van der Waals surface area (Å²) in [7, 11) is 0. The first-order chi connectivity index (χ1) is 16.1. The van der Waals surface area contributed by atoms with Crippen molar-refractivity contribution in [3.05, 3.63) is 102 Å². The fourth-order valence-electron chi connectivity index (χ4n) is 3.62. The number of carbonyl (C=O) groups excluding carboxylic acids is 2. The molecule has 0 aliphatic rings. The van der Waals surface area contributed by atoms with Crippen LogP contribution in [0.1, 0.15) is 17.2 Å². The molecule has 2 atom stereocenters. The van der Waals surface area contributed by atoms with Crippen LogP contribution in [0.4, 0.5) is 0 Å². The normalized spacial score (nSPS) is 12.6. The molecular weight excluding hydrogens is 432 g/mol. The Morgan fingerprint density at radius 3 is 2.12 bits per heavy atom. The minimum atomic E-state index is -0.656. The highest BCUT2D eigenvalue weighted by atomic mass is 32.1. The molecule has 0 spiro atoms. The zero-order valence-electron chi connectivity index (χ0n) is 17.9. The van der Waals surface area contributed by atoms with Gasteiger partial charge in [-0.05, 0) is 29.7 Å². The minimum Gasteiger partial charge on any atom is -0.344 e. The second-order valence-electron chi connectivity index (χ2n) is 7.78. The summed E-state index contributed by atoms with van der Waals surface area (Å²) in [4.78, 5) is 25.9. The van der Waals surface area contributed by atoms with Gasteiger partial charge in [0.05, 0.1) is 12.2 Å². The van der Waals surface area contributed by atoms with Gasteiger partial charge >= 0.3 is 0 Å². The van der Waals surface area contributed by atoms with Gasteiger partial charge in [-0.25, -0.2) is 4.68 Å². The number of carbonyl (C=O) groups is 2. The Labute approximate surface area is 198 Å². The summed E-state index contributed by atoms with van der Waals surface area (Å²) in [5.74, 6) is -0.283. The van der Waals surface area contributed by atoms with Crippen LogP contribution < -0.4 is 5.32 Å². The summed E-state index contributed by atoms with van der Waals surface area (Å²) >= 11 is 4.32. The molecule has 7 heteroatoms. The summed E-state index contributed by atoms with van der Waals surface area (Å²) in [5, 5.41) is 11.4. The third-order valence-electron chi connectivity index (χ3n) is 5.36. The Morgan fingerprint density at radius 1 is 0.909 bits per heavy atom. The van der Waals surface area contributed by atoms with Gasteiger partial charge in [0.15, 0.2) is 0 Å². The predicted octanol–water partition coefficient (Wildman–Crippen LogP) is 3.94. The van der Waals surface area contributed by atoms with Crippen LogP contribution in [-0.2, 0) is 22.4 Å². The van der Waals surface area contributed by atoms with Crippen molar-refractivity contribution in [1.82, 2.24) is 20.3 Å². The van der Waals surface area contributed by atoms with Crippen LogP contribution >= 0.6 is 12.6 Å². The molecule has 1 heterocycles. The standard InChI is InChI=1S/C26H24N4O2S/c31-18-22(15-19-7-3-1-4-8-19)27-26(32)25(16-20-9-5-2-6-10-20)30-17-24(28-29-30)21-11-13-23(33)14-12-21/h1-14,17-18,22,25,33H,15-16H2,(H,27,32)/t22-,25+/m1/s1. The van der Waals surface area contributed by atoms with E-state index in [2.05, 4.69) is 28.3 Å². The minimum absolute atomic E-state index is 0.283. The molecule has 0 saturated heterocycles. The number of amides is 1. The molecule has 4 aromatic rings. The lowest BCUT2D eigenvalue weighted by atomic mass is 10.0. The summed E-state index contributed by atoms with van der Waals surface area (Å²) in [6.07, 6.45) is 3.37. The molecule has 0 aliphatic carbocycles. The van der Waals surface area contributed by atoms with Crippen molar-refractivity contribution in [2.45, 2.75) is 29.8 Å². The number of hydrogen-bond donors (Lipinski definition) is 2. The van der Waals surface area contributed by atoms with Crippen molar-refractivity contribution in [2.24, 2.45) is 0 Å². The molecule has 166 valence electrons. The third-order valence-corrected chi connectivity index (χ3v) is 5.66. The Bertz CT molecular complexity index is 1190. The Kier molecular flexibility index (Phi) is 7.32. The molecule has 0 unspecified atom stereocenters. The van der Waals surface area contributed by atoms with Crippen LogP contribution in [0.15, 0.2) is 96.0 Å². The van der Waals surface area contributed by atoms with E-state index in [1.807, 2.05) is 84.9 Å². The van der Waals surface area contributed by atoms with Crippen molar-refractivity contribution in [2.75, 3.05) is 0 Å². The van der Waals surface area contributed by atoms with Crippen LogP contribution in [0, 0.1) is 0 Å². The van der Waals surface area contributed by atoms with Crippen LogP contribution in [0.2, 0.25) is 0 Å². The molecule has 1 amide bonds. The first kappa shape index (κ1) is 22.5. The molecule has 4 rings (SSSR count). The van der Waals surface area contributed by atoms with Gasteiger partial charge < -0.3 is 10.1 Å². The number of rotatable bonds is 9. The third kappa shape index (κ3) is 5.96. The average Bonchev–Trinajstić information content (AvgIpc) is 3.33. The van der Waals surface area contributed by atoms with E-state index in [-0.39, 0.29) is 5.91 Å². The Balaban J connectivity index is 1.57. The van der Waals surface area contributed by atoms with Crippen molar-refractivity contribution < 1.29 is 9.59 Å². The molecule has 0 bridgehead atoms. The summed E-state index contributed by atoms with van der Waals surface area (Å²) < 4.78 is 1.57. The average molecular weight is 457 g/mol. The van der Waals surface area contributed by atoms with Gasteiger partial charge in [-0.1, -0.05) is 78.0 Å². The van der Waals surface area contributed by atoms with Crippen molar-refractivity contribution >= 4 is 24.8 Å². The van der Waals surface area contributed by atoms with Gasteiger partial charge in [0, 0.05) is 16.9 Å². The zero-order chi connectivity index (χ0) is 23.0. The monoisotopic (exact) mass is 456 g/mol. The molecule has 0 aliphatic heterocycles. The van der Waals surface area contributed by atoms with Gasteiger partial charge in [-0.3, -0.25) is 4.79 Å². The smallest absolute Gasteiger partial charge is 0.245 e. The highest BCUT2D eigenvalue weighted by molar-refractivity contribution is 7.80. The first-order valence-electron chi connectivity index (χ1n) is 10.7. The summed E-state index contributed by atoms with van der Waals surface area (Å²) in [5.41, 5.74) is 3.50. The maximum absolute atomic E-state index is 13.3. The summed E-state index contributed by atoms with van der Waals surface area (Å²) in [6.45, 7) is 0. The van der Waals surface area contributed by atoms with Gasteiger partial charge in [0.1, 0.15) is 18.0 Å². The molecule has 3 aromatic carbocycles. The van der Waals surface area contributed by atoms with Crippen LogP contribution in [-0.4, -0.2) is 33.2 Å². The maximum Gasteiger partial charge on any atom is 0.245 e. The fraction of sp³-hybridized carbons (Fsp3) is 0.154. The zero-order valence-corrected chi connectivity index (χ0v) is 18.8. The van der Waals surface area contributed by atoms with Crippen molar-refractivity contribution in [3.63, 3.8) is 0 Å². The molecule has 1 N–H and O–H groups in total. The van der Waals surface area contributed by atoms with Gasteiger partial charge in [-0.2, -0.15) is 0 Å². The van der Waals surface area contributed by atoms with Crippen LogP contribution in [0.25, 0.3) is 11.3 Å². The number of nitrogens with zero attached hydrogens (tertiary/aromatic N) is 3. The molecular formula is C26H24N4O2S. The van der Waals surface area contributed by atoms with E-state index in [1.165, 1.54) is 0 Å². The maximum atomic E-state index is 13.3. The number of nitrogens with one attached hydrogen (secondary N) is 1. The van der Waals surface area contributed by atoms with Crippen LogP contribution in [0.5, 0.6) is 0 Å². The van der Waals surface area contributed by atoms with Gasteiger partial charge in [-0.15, -0.1) is 17.7 Å². The van der Waals surface area contributed by atoms with E-state index < -0.39 is 12.1 Å². The first-order valence-corrected chi connectivity index (χ1v) is 11.1. The number of hydrogen-bond acceptors (Lipinski definition) is 5. The predicted molar refractivity (Wildman–Crippen MR) is 130 cm³/mol. The van der Waals surface area contributed by atoms with E-state index in [4.69, 9.17) is 0 Å². The van der Waals surface area contributed by atoms with E-state index >= 15 is 0 Å². The van der Waals surface area contributed by atoms with E-state index in [9.17, 15) is 9.59 Å². The second kappa shape index (κ2) is 10.7. The number of benzene rings is 3. The number of thiol groups is 1.